The Morgan fingerprint density at radius 1 is 0.447 bits per heavy atom. The highest BCUT2D eigenvalue weighted by atomic mass is 32.1. The standard InChI is InChI=1S/C28H12F2N2S6/c29-17-7-23(37-27(17)25-9-31-11-33-25)21-5-15-1-13-3-20-16(2-14(13)4-19(15)35-21)6-22(36-20)24-8-18(30)28(38-24)26-10-32-12-34-26/h1-12H. The van der Waals surface area contributed by atoms with Crippen molar-refractivity contribution in [3.8, 4) is 39.0 Å². The third kappa shape index (κ3) is 3.78. The van der Waals surface area contributed by atoms with E-state index in [4.69, 9.17) is 0 Å². The van der Waals surface area contributed by atoms with Gasteiger partial charge in [0.15, 0.2) is 0 Å². The summed E-state index contributed by atoms with van der Waals surface area (Å²) in [7, 11) is 0. The first kappa shape index (κ1) is 23.1. The van der Waals surface area contributed by atoms with Crippen LogP contribution in [0.5, 0.6) is 0 Å². The van der Waals surface area contributed by atoms with E-state index in [0.29, 0.717) is 9.75 Å². The van der Waals surface area contributed by atoms with Crippen molar-refractivity contribution in [3.05, 3.63) is 83.6 Å². The van der Waals surface area contributed by atoms with Crippen LogP contribution in [0.3, 0.4) is 0 Å². The second-order valence-electron chi connectivity index (χ2n) is 8.66. The molecule has 0 spiro atoms. The van der Waals surface area contributed by atoms with Gasteiger partial charge in [-0.15, -0.1) is 68.0 Å². The number of nitrogens with zero attached hydrogens (tertiary/aromatic N) is 2. The highest BCUT2D eigenvalue weighted by Gasteiger charge is 2.17. The molecule has 0 N–H and O–H groups in total. The maximum absolute atomic E-state index is 14.7. The van der Waals surface area contributed by atoms with E-state index in [2.05, 4.69) is 46.4 Å². The number of thiazole rings is 2. The van der Waals surface area contributed by atoms with Crippen molar-refractivity contribution >= 4 is 99.0 Å². The summed E-state index contributed by atoms with van der Waals surface area (Å²) in [6, 6.07) is 16.4. The summed E-state index contributed by atoms with van der Waals surface area (Å²) >= 11 is 9.22. The summed E-state index contributed by atoms with van der Waals surface area (Å²) in [6.07, 6.45) is 3.43. The van der Waals surface area contributed by atoms with Gasteiger partial charge >= 0.3 is 0 Å². The fraction of sp³-hybridized carbons (Fsp3) is 0. The summed E-state index contributed by atoms with van der Waals surface area (Å²) in [5.74, 6) is -0.393. The quantitative estimate of drug-likeness (QED) is 0.199. The van der Waals surface area contributed by atoms with E-state index in [9.17, 15) is 8.78 Å². The monoisotopic (exact) mass is 606 g/mol. The molecule has 8 rings (SSSR count). The topological polar surface area (TPSA) is 25.8 Å². The molecular formula is C28H12F2N2S6. The lowest BCUT2D eigenvalue weighted by molar-refractivity contribution is 0.636. The minimum Gasteiger partial charge on any atom is -0.252 e. The molecule has 0 unspecified atom stereocenters. The Bertz CT molecular complexity index is 1890. The lowest BCUT2D eigenvalue weighted by atomic mass is 10.1. The molecule has 8 aromatic rings. The molecule has 0 saturated carbocycles. The number of thiophene rings is 4. The molecule has 0 fully saturated rings. The third-order valence-corrected chi connectivity index (χ3v) is 13.0. The van der Waals surface area contributed by atoms with Crippen LogP contribution in [0.2, 0.25) is 0 Å². The second kappa shape index (κ2) is 8.84. The molecule has 2 nitrogen and oxygen atoms in total. The number of benzene rings is 2. The summed E-state index contributed by atoms with van der Waals surface area (Å²) in [5.41, 5.74) is 3.46. The number of hydrogen-bond acceptors (Lipinski definition) is 8. The Hall–Kier alpha value is -2.86. The molecule has 6 heterocycles. The Kier molecular flexibility index (Phi) is 5.36. The van der Waals surface area contributed by atoms with Gasteiger partial charge in [0.05, 0.1) is 30.5 Å². The molecule has 0 bridgehead atoms. The third-order valence-electron chi connectivity index (χ3n) is 6.28. The van der Waals surface area contributed by atoms with Crippen molar-refractivity contribution in [1.82, 2.24) is 9.97 Å². The summed E-state index contributed by atoms with van der Waals surface area (Å²) < 4.78 is 31.7. The predicted molar refractivity (Wildman–Crippen MR) is 163 cm³/mol. The van der Waals surface area contributed by atoms with Crippen molar-refractivity contribution < 1.29 is 8.78 Å². The molecule has 184 valence electrons. The van der Waals surface area contributed by atoms with Crippen LogP contribution in [0.15, 0.2) is 71.9 Å². The van der Waals surface area contributed by atoms with Gasteiger partial charge in [-0.05, 0) is 70.1 Å². The molecule has 6 aromatic heterocycles. The molecule has 0 saturated heterocycles. The zero-order chi connectivity index (χ0) is 25.4. The number of halogens is 2. The molecule has 10 heteroatoms. The summed E-state index contributed by atoms with van der Waals surface area (Å²) in [4.78, 5) is 15.2. The lowest BCUT2D eigenvalue weighted by Crippen LogP contribution is -1.72. The predicted octanol–water partition coefficient (Wildman–Crippen LogP) is 11.3. The van der Waals surface area contributed by atoms with Gasteiger partial charge in [0.1, 0.15) is 11.6 Å². The van der Waals surface area contributed by atoms with Crippen LogP contribution in [0, 0.1) is 11.6 Å². The van der Waals surface area contributed by atoms with Gasteiger partial charge in [-0.3, -0.25) is 9.97 Å². The average Bonchev–Trinajstić information content (AvgIpc) is 3.71. The normalized spacial score (nSPS) is 11.9. The van der Waals surface area contributed by atoms with Crippen LogP contribution < -0.4 is 0 Å². The molecule has 2 aromatic carbocycles. The first-order valence-corrected chi connectivity index (χ1v) is 16.4. The SMILES string of the molecule is Fc1cc(-c2cc3cc4cc5sc(-c6cc(F)c(-c7cncs7)s6)cc5cc4cc3s2)sc1-c1cncs1. The van der Waals surface area contributed by atoms with Gasteiger partial charge in [0.2, 0.25) is 0 Å². The maximum Gasteiger partial charge on any atom is 0.143 e. The zero-order valence-corrected chi connectivity index (χ0v) is 23.9. The maximum atomic E-state index is 14.7. The smallest absolute Gasteiger partial charge is 0.143 e. The Morgan fingerprint density at radius 2 is 0.895 bits per heavy atom. The van der Waals surface area contributed by atoms with Crippen molar-refractivity contribution in [3.63, 3.8) is 0 Å². The Labute approximate surface area is 238 Å². The van der Waals surface area contributed by atoms with E-state index < -0.39 is 0 Å². The van der Waals surface area contributed by atoms with Crippen molar-refractivity contribution in [2.24, 2.45) is 0 Å². The molecule has 0 aliphatic carbocycles. The van der Waals surface area contributed by atoms with Crippen molar-refractivity contribution in [2.75, 3.05) is 0 Å². The second-order valence-corrected chi connectivity index (χ2v) is 14.7. The van der Waals surface area contributed by atoms with E-state index in [1.54, 1.807) is 58.2 Å². The van der Waals surface area contributed by atoms with Crippen LogP contribution >= 0.6 is 68.0 Å². The van der Waals surface area contributed by atoms with Crippen molar-refractivity contribution in [1.29, 1.82) is 0 Å². The van der Waals surface area contributed by atoms with Gasteiger partial charge in [0.25, 0.3) is 0 Å². The molecule has 0 radical (unpaired) electrons. The largest absolute Gasteiger partial charge is 0.252 e. The van der Waals surface area contributed by atoms with Crippen LogP contribution in [-0.2, 0) is 0 Å². The van der Waals surface area contributed by atoms with E-state index in [1.807, 2.05) is 0 Å². The summed E-state index contributed by atoms with van der Waals surface area (Å²) in [5, 5.41) is 4.62. The van der Waals surface area contributed by atoms with Gasteiger partial charge in [-0.2, -0.15) is 0 Å². The highest BCUT2D eigenvalue weighted by molar-refractivity contribution is 7.29. The molecule has 38 heavy (non-hydrogen) atoms. The molecular weight excluding hydrogens is 595 g/mol. The van der Waals surface area contributed by atoms with E-state index >= 15 is 0 Å². The Balaban J connectivity index is 1.19. The fourth-order valence-corrected chi connectivity index (χ4v) is 10.4. The number of fused-ring (bicyclic) bond motifs is 3. The molecule has 0 aliphatic heterocycles. The van der Waals surface area contributed by atoms with Crippen LogP contribution in [0.4, 0.5) is 8.78 Å². The number of rotatable bonds is 4. The van der Waals surface area contributed by atoms with Gasteiger partial charge < -0.3 is 0 Å². The summed E-state index contributed by atoms with van der Waals surface area (Å²) in [6.45, 7) is 0. The van der Waals surface area contributed by atoms with Crippen molar-refractivity contribution in [2.45, 2.75) is 0 Å². The van der Waals surface area contributed by atoms with E-state index in [-0.39, 0.29) is 11.6 Å². The van der Waals surface area contributed by atoms with Crippen LogP contribution in [0.25, 0.3) is 70.0 Å². The fourth-order valence-electron chi connectivity index (χ4n) is 4.54. The van der Waals surface area contributed by atoms with Gasteiger partial charge in [-0.1, -0.05) is 0 Å². The van der Waals surface area contributed by atoms with E-state index in [1.165, 1.54) is 54.7 Å². The molecule has 0 aliphatic rings. The average molecular weight is 607 g/mol. The van der Waals surface area contributed by atoms with Crippen LogP contribution in [-0.4, -0.2) is 9.97 Å². The van der Waals surface area contributed by atoms with Gasteiger partial charge in [0, 0.05) is 41.3 Å². The van der Waals surface area contributed by atoms with Crippen LogP contribution in [0.1, 0.15) is 0 Å². The first-order valence-electron chi connectivity index (χ1n) is 11.4. The lowest BCUT2D eigenvalue weighted by Gasteiger charge is -1.99. The minimum absolute atomic E-state index is 0.197. The minimum atomic E-state index is -0.197. The zero-order valence-electron chi connectivity index (χ0n) is 19.0. The van der Waals surface area contributed by atoms with Gasteiger partial charge in [-0.25, -0.2) is 8.78 Å². The number of aromatic nitrogens is 2. The first-order chi connectivity index (χ1) is 18.6. The Morgan fingerprint density at radius 3 is 1.32 bits per heavy atom. The highest BCUT2D eigenvalue weighted by Crippen LogP contribution is 2.45. The molecule has 0 amide bonds. The number of hydrogen-bond donors (Lipinski definition) is 0. The van der Waals surface area contributed by atoms with E-state index in [0.717, 1.165) is 50.8 Å². The molecule has 0 atom stereocenters.